The van der Waals surface area contributed by atoms with Gasteiger partial charge >= 0.3 is 0 Å². The quantitative estimate of drug-likeness (QED) is 0.842. The summed E-state index contributed by atoms with van der Waals surface area (Å²) in [5.41, 5.74) is 7.62. The fourth-order valence-electron chi connectivity index (χ4n) is 2.85. The van der Waals surface area contributed by atoms with Crippen LogP contribution in [-0.4, -0.2) is 24.9 Å². The molecule has 24 heavy (non-hydrogen) atoms. The summed E-state index contributed by atoms with van der Waals surface area (Å²) in [6, 6.07) is 13.1. The van der Waals surface area contributed by atoms with Crippen LogP contribution in [0.1, 0.15) is 30.1 Å². The molecule has 0 unspecified atom stereocenters. The van der Waals surface area contributed by atoms with E-state index in [2.05, 4.69) is 4.90 Å². The molecule has 126 valence electrons. The maximum atomic E-state index is 11.7. The maximum Gasteiger partial charge on any atom is 0.159 e. The zero-order valence-electron chi connectivity index (χ0n) is 13.7. The summed E-state index contributed by atoms with van der Waals surface area (Å²) >= 11 is 5.93. The van der Waals surface area contributed by atoms with E-state index in [0.717, 1.165) is 31.6 Å². The largest absolute Gasteiger partial charge is 0.455 e. The van der Waals surface area contributed by atoms with Gasteiger partial charge in [-0.2, -0.15) is 0 Å². The maximum absolute atomic E-state index is 11.7. The number of carbonyl (C=O) groups is 1. The summed E-state index contributed by atoms with van der Waals surface area (Å²) in [5.74, 6) is 1.39. The molecule has 0 spiro atoms. The smallest absolute Gasteiger partial charge is 0.159 e. The molecule has 1 heterocycles. The highest BCUT2D eigenvalue weighted by molar-refractivity contribution is 6.30. The van der Waals surface area contributed by atoms with Crippen molar-refractivity contribution in [2.45, 2.75) is 25.8 Å². The van der Waals surface area contributed by atoms with Crippen LogP contribution in [0.25, 0.3) is 0 Å². The zero-order valence-corrected chi connectivity index (χ0v) is 14.4. The number of ether oxygens (including phenoxy) is 1. The molecule has 0 aromatic heterocycles. The van der Waals surface area contributed by atoms with E-state index in [1.807, 2.05) is 24.3 Å². The number of anilines is 1. The molecule has 0 radical (unpaired) electrons. The minimum atomic E-state index is 0.0168. The van der Waals surface area contributed by atoms with Gasteiger partial charge in [0.2, 0.25) is 0 Å². The third-order valence-electron chi connectivity index (χ3n) is 4.29. The van der Waals surface area contributed by atoms with Crippen molar-refractivity contribution in [3.05, 3.63) is 53.1 Å². The Labute approximate surface area is 147 Å². The van der Waals surface area contributed by atoms with Crippen LogP contribution in [0.15, 0.2) is 42.5 Å². The van der Waals surface area contributed by atoms with Crippen molar-refractivity contribution in [3.8, 4) is 11.5 Å². The average molecular weight is 345 g/mol. The molecule has 0 aliphatic carbocycles. The van der Waals surface area contributed by atoms with Crippen LogP contribution >= 0.6 is 11.6 Å². The van der Waals surface area contributed by atoms with E-state index in [1.165, 1.54) is 0 Å². The summed E-state index contributed by atoms with van der Waals surface area (Å²) < 4.78 is 6.05. The monoisotopic (exact) mass is 344 g/mol. The summed E-state index contributed by atoms with van der Waals surface area (Å²) in [6.07, 6.45) is 1.91. The van der Waals surface area contributed by atoms with Crippen molar-refractivity contribution in [3.63, 3.8) is 0 Å². The number of Topliss-reactive ketones (excluding diaryl/α,β-unsaturated/α-hetero) is 1. The molecule has 2 aromatic carbocycles. The molecule has 2 N–H and O–H groups in total. The van der Waals surface area contributed by atoms with Crippen LogP contribution in [0.4, 0.5) is 5.69 Å². The van der Waals surface area contributed by atoms with Crippen molar-refractivity contribution in [1.29, 1.82) is 0 Å². The van der Waals surface area contributed by atoms with Crippen molar-refractivity contribution in [2.24, 2.45) is 5.73 Å². The molecule has 4 nitrogen and oxygen atoms in total. The Morgan fingerprint density at radius 3 is 2.46 bits per heavy atom. The van der Waals surface area contributed by atoms with Crippen LogP contribution in [-0.2, 0) is 0 Å². The van der Waals surface area contributed by atoms with E-state index in [4.69, 9.17) is 22.1 Å². The van der Waals surface area contributed by atoms with Crippen LogP contribution in [0.2, 0.25) is 5.02 Å². The van der Waals surface area contributed by atoms with Crippen molar-refractivity contribution in [2.75, 3.05) is 18.0 Å². The van der Waals surface area contributed by atoms with E-state index >= 15 is 0 Å². The van der Waals surface area contributed by atoms with Gasteiger partial charge in [0, 0.05) is 29.7 Å². The van der Waals surface area contributed by atoms with Gasteiger partial charge in [0.1, 0.15) is 5.75 Å². The highest BCUT2D eigenvalue weighted by Gasteiger charge is 2.20. The minimum absolute atomic E-state index is 0.0168. The summed E-state index contributed by atoms with van der Waals surface area (Å²) in [4.78, 5) is 14.0. The fraction of sp³-hybridized carbons (Fsp3) is 0.316. The van der Waals surface area contributed by atoms with E-state index < -0.39 is 0 Å². The number of piperidine rings is 1. The Morgan fingerprint density at radius 1 is 1.17 bits per heavy atom. The van der Waals surface area contributed by atoms with E-state index in [1.54, 1.807) is 25.1 Å². The van der Waals surface area contributed by atoms with Crippen LogP contribution in [0, 0.1) is 0 Å². The lowest BCUT2D eigenvalue weighted by Gasteiger charge is -2.33. The molecule has 1 aliphatic rings. The minimum Gasteiger partial charge on any atom is -0.455 e. The third kappa shape index (κ3) is 3.89. The van der Waals surface area contributed by atoms with Crippen LogP contribution < -0.4 is 15.4 Å². The molecule has 1 saturated heterocycles. The van der Waals surface area contributed by atoms with Crippen LogP contribution in [0.3, 0.4) is 0 Å². The molecule has 0 atom stereocenters. The highest BCUT2D eigenvalue weighted by atomic mass is 35.5. The first-order chi connectivity index (χ1) is 11.5. The number of carbonyl (C=O) groups excluding carboxylic acids is 1. The number of hydrogen-bond acceptors (Lipinski definition) is 4. The Morgan fingerprint density at radius 2 is 1.83 bits per heavy atom. The van der Waals surface area contributed by atoms with E-state index in [0.29, 0.717) is 22.1 Å². The lowest BCUT2D eigenvalue weighted by molar-refractivity contribution is 0.101. The second-order valence-corrected chi connectivity index (χ2v) is 6.56. The van der Waals surface area contributed by atoms with Crippen molar-refractivity contribution < 1.29 is 9.53 Å². The first kappa shape index (κ1) is 16.8. The molecule has 3 rings (SSSR count). The Bertz CT molecular complexity index is 723. The normalized spacial score (nSPS) is 15.4. The second-order valence-electron chi connectivity index (χ2n) is 6.12. The van der Waals surface area contributed by atoms with Gasteiger partial charge in [0.05, 0.1) is 5.69 Å². The number of nitrogens with two attached hydrogens (primary N) is 1. The second kappa shape index (κ2) is 7.24. The predicted octanol–water partition coefficient (Wildman–Crippen LogP) is 4.26. The van der Waals surface area contributed by atoms with Gasteiger partial charge in [-0.25, -0.2) is 0 Å². The molecule has 2 aromatic rings. The van der Waals surface area contributed by atoms with Crippen molar-refractivity contribution >= 4 is 23.1 Å². The lowest BCUT2D eigenvalue weighted by atomic mass is 10.0. The van der Waals surface area contributed by atoms with E-state index in [-0.39, 0.29) is 11.8 Å². The van der Waals surface area contributed by atoms with Crippen molar-refractivity contribution in [1.82, 2.24) is 0 Å². The van der Waals surface area contributed by atoms with Gasteiger partial charge in [-0.05, 0) is 62.2 Å². The average Bonchev–Trinajstić information content (AvgIpc) is 2.58. The van der Waals surface area contributed by atoms with Gasteiger partial charge in [-0.1, -0.05) is 11.6 Å². The molecular weight excluding hydrogens is 324 g/mol. The number of rotatable bonds is 4. The standard InChI is InChI=1S/C19H21ClN2O2/c1-13(23)14-2-7-18(22-10-8-16(21)9-11-22)19(12-14)24-17-5-3-15(20)4-6-17/h2-7,12,16H,8-11,21H2,1H3. The first-order valence-electron chi connectivity index (χ1n) is 8.12. The fourth-order valence-corrected chi connectivity index (χ4v) is 2.97. The summed E-state index contributed by atoms with van der Waals surface area (Å²) in [7, 11) is 0. The summed E-state index contributed by atoms with van der Waals surface area (Å²) in [6.45, 7) is 3.33. The highest BCUT2D eigenvalue weighted by Crippen LogP contribution is 2.35. The molecule has 0 amide bonds. The number of nitrogens with zero attached hydrogens (tertiary/aromatic N) is 1. The van der Waals surface area contributed by atoms with Crippen LogP contribution in [0.5, 0.6) is 11.5 Å². The first-order valence-corrected chi connectivity index (χ1v) is 8.49. The molecular formula is C19H21ClN2O2. The SMILES string of the molecule is CC(=O)c1ccc(N2CCC(N)CC2)c(Oc2ccc(Cl)cc2)c1. The predicted molar refractivity (Wildman–Crippen MR) is 97.4 cm³/mol. The molecule has 5 heteroatoms. The molecule has 1 aliphatic heterocycles. The Hall–Kier alpha value is -2.04. The third-order valence-corrected chi connectivity index (χ3v) is 4.54. The molecule has 0 saturated carbocycles. The van der Waals surface area contributed by atoms with Gasteiger partial charge in [0.25, 0.3) is 0 Å². The number of ketones is 1. The summed E-state index contributed by atoms with van der Waals surface area (Å²) in [5, 5.41) is 0.657. The number of halogens is 1. The zero-order chi connectivity index (χ0) is 17.1. The molecule has 0 bridgehead atoms. The number of hydrogen-bond donors (Lipinski definition) is 1. The lowest BCUT2D eigenvalue weighted by Crippen LogP contribution is -2.39. The van der Waals surface area contributed by atoms with Gasteiger partial charge in [-0.3, -0.25) is 4.79 Å². The Kier molecular flexibility index (Phi) is 5.07. The van der Waals surface area contributed by atoms with Gasteiger partial charge in [0.15, 0.2) is 11.5 Å². The number of benzene rings is 2. The van der Waals surface area contributed by atoms with E-state index in [9.17, 15) is 4.79 Å². The molecule has 1 fully saturated rings. The van der Waals surface area contributed by atoms with Gasteiger partial charge in [-0.15, -0.1) is 0 Å². The Balaban J connectivity index is 1.92. The van der Waals surface area contributed by atoms with Gasteiger partial charge < -0.3 is 15.4 Å². The topological polar surface area (TPSA) is 55.6 Å².